The number of nitrogens with zero attached hydrogens (tertiary/aromatic N) is 2. The van der Waals surface area contributed by atoms with E-state index in [-0.39, 0.29) is 5.91 Å². The van der Waals surface area contributed by atoms with Crippen LogP contribution in [-0.4, -0.2) is 16.7 Å². The quantitative estimate of drug-likeness (QED) is 0.264. The van der Waals surface area contributed by atoms with Gasteiger partial charge >= 0.3 is 0 Å². The lowest BCUT2D eigenvalue weighted by molar-refractivity contribution is -0.120. The van der Waals surface area contributed by atoms with E-state index in [1.807, 2.05) is 68.6 Å². The Labute approximate surface area is 197 Å². The lowest BCUT2D eigenvalue weighted by atomic mass is 10.0. The van der Waals surface area contributed by atoms with E-state index in [9.17, 15) is 4.79 Å². The molecule has 1 heterocycles. The Morgan fingerprint density at radius 2 is 1.84 bits per heavy atom. The Morgan fingerprint density at radius 3 is 2.66 bits per heavy atom. The van der Waals surface area contributed by atoms with Gasteiger partial charge in [0.2, 0.25) is 5.91 Å². The third-order valence-corrected chi connectivity index (χ3v) is 6.14. The molecule has 0 spiro atoms. The average molecular weight is 464 g/mol. The smallest absolute Gasteiger partial charge is 0.244 e. The highest BCUT2D eigenvalue weighted by Crippen LogP contribution is 2.25. The second-order valence-electron chi connectivity index (χ2n) is 7.88. The van der Waals surface area contributed by atoms with Gasteiger partial charge < -0.3 is 4.57 Å². The summed E-state index contributed by atoms with van der Waals surface area (Å²) in [6.07, 6.45) is 4.01. The number of hydrogen-bond donors (Lipinski definition) is 1. The van der Waals surface area contributed by atoms with Gasteiger partial charge in [-0.25, -0.2) is 5.43 Å². The molecular weight excluding hydrogens is 441 g/mol. The van der Waals surface area contributed by atoms with Gasteiger partial charge in [0.05, 0.1) is 22.7 Å². The summed E-state index contributed by atoms with van der Waals surface area (Å²) in [5, 5.41) is 6.34. The van der Waals surface area contributed by atoms with Crippen LogP contribution in [0.25, 0.3) is 10.9 Å². The number of hydrogen-bond acceptors (Lipinski definition) is 2. The zero-order valence-electron chi connectivity index (χ0n) is 17.9. The molecule has 1 aromatic heterocycles. The van der Waals surface area contributed by atoms with Gasteiger partial charge in [-0.2, -0.15) is 5.10 Å². The third kappa shape index (κ3) is 5.04. The first-order valence-electron chi connectivity index (χ1n) is 10.3. The molecule has 32 heavy (non-hydrogen) atoms. The molecule has 0 bridgehead atoms. The minimum absolute atomic E-state index is 0.144. The summed E-state index contributed by atoms with van der Waals surface area (Å²) in [6, 6.07) is 19.8. The number of halogens is 2. The van der Waals surface area contributed by atoms with Gasteiger partial charge in [0.15, 0.2) is 0 Å². The Hall–Kier alpha value is -3.08. The largest absolute Gasteiger partial charge is 0.342 e. The van der Waals surface area contributed by atoms with E-state index in [0.717, 1.165) is 38.7 Å². The molecule has 4 rings (SSSR count). The molecule has 0 fully saturated rings. The Bertz CT molecular complexity index is 1320. The maximum Gasteiger partial charge on any atom is 0.244 e. The highest BCUT2D eigenvalue weighted by molar-refractivity contribution is 6.42. The van der Waals surface area contributed by atoms with Crippen molar-refractivity contribution < 1.29 is 4.79 Å². The molecular formula is C26H23Cl2N3O. The summed E-state index contributed by atoms with van der Waals surface area (Å²) in [5.41, 5.74) is 8.94. The fraction of sp³-hybridized carbons (Fsp3) is 0.154. The summed E-state index contributed by atoms with van der Waals surface area (Å²) in [4.78, 5) is 12.4. The molecule has 0 unspecified atom stereocenters. The van der Waals surface area contributed by atoms with Crippen LogP contribution in [0.4, 0.5) is 0 Å². The molecule has 6 heteroatoms. The Kier molecular flexibility index (Phi) is 6.63. The Morgan fingerprint density at radius 1 is 1.03 bits per heavy atom. The number of rotatable bonds is 6. The third-order valence-electron chi connectivity index (χ3n) is 5.40. The molecule has 1 N–H and O–H groups in total. The highest BCUT2D eigenvalue weighted by Gasteiger charge is 2.09. The van der Waals surface area contributed by atoms with Crippen molar-refractivity contribution in [3.05, 3.63) is 105 Å². The van der Waals surface area contributed by atoms with E-state index in [1.54, 1.807) is 12.3 Å². The number of fused-ring (bicyclic) bond motifs is 1. The number of aryl methyl sites for hydroxylation is 2. The van der Waals surface area contributed by atoms with E-state index < -0.39 is 0 Å². The standard InChI is InChI=1S/C26H23Cl2N3O/c1-17-7-8-18(2)20(11-17)13-26(32)30-29-14-21-16-31(25-6-4-3-5-22(21)25)15-19-9-10-23(27)24(28)12-19/h3-12,14,16H,13,15H2,1-2H3,(H,30,32)/b29-14-. The van der Waals surface area contributed by atoms with E-state index >= 15 is 0 Å². The van der Waals surface area contributed by atoms with Crippen LogP contribution in [0.3, 0.4) is 0 Å². The van der Waals surface area contributed by atoms with Gasteiger partial charge in [0.25, 0.3) is 0 Å². The van der Waals surface area contributed by atoms with Crippen molar-refractivity contribution in [3.63, 3.8) is 0 Å². The topological polar surface area (TPSA) is 46.4 Å². The van der Waals surface area contributed by atoms with Gasteiger partial charge in [-0.05, 0) is 48.7 Å². The molecule has 0 aliphatic rings. The number of nitrogens with one attached hydrogen (secondary N) is 1. The van der Waals surface area contributed by atoms with E-state index in [2.05, 4.69) is 21.2 Å². The minimum Gasteiger partial charge on any atom is -0.342 e. The molecule has 0 saturated heterocycles. The highest BCUT2D eigenvalue weighted by atomic mass is 35.5. The number of para-hydroxylation sites is 1. The van der Waals surface area contributed by atoms with Gasteiger partial charge in [0, 0.05) is 29.2 Å². The molecule has 1 amide bonds. The van der Waals surface area contributed by atoms with E-state index in [0.29, 0.717) is 23.0 Å². The SMILES string of the molecule is Cc1ccc(C)c(CC(=O)N/N=C\c2cn(Cc3ccc(Cl)c(Cl)c3)c3ccccc23)c1. The lowest BCUT2D eigenvalue weighted by Gasteiger charge is -2.06. The molecule has 4 nitrogen and oxygen atoms in total. The van der Waals surface area contributed by atoms with Crippen LogP contribution < -0.4 is 5.43 Å². The van der Waals surface area contributed by atoms with Crippen molar-refractivity contribution in [2.45, 2.75) is 26.8 Å². The van der Waals surface area contributed by atoms with Crippen molar-refractivity contribution >= 4 is 46.2 Å². The molecule has 0 saturated carbocycles. The zero-order chi connectivity index (χ0) is 22.7. The number of benzene rings is 3. The first-order chi connectivity index (χ1) is 15.4. The summed E-state index contributed by atoms with van der Waals surface area (Å²) in [7, 11) is 0. The van der Waals surface area contributed by atoms with Gasteiger partial charge in [0.1, 0.15) is 0 Å². The predicted molar refractivity (Wildman–Crippen MR) is 133 cm³/mol. The number of carbonyl (C=O) groups excluding carboxylic acids is 1. The summed E-state index contributed by atoms with van der Waals surface area (Å²) >= 11 is 12.2. The van der Waals surface area contributed by atoms with Crippen LogP contribution in [0, 0.1) is 13.8 Å². The fourth-order valence-electron chi connectivity index (χ4n) is 3.72. The van der Waals surface area contributed by atoms with Crippen LogP contribution in [0.1, 0.15) is 27.8 Å². The predicted octanol–water partition coefficient (Wildman–Crippen LogP) is 6.31. The first kappa shape index (κ1) is 22.1. The van der Waals surface area contributed by atoms with Crippen molar-refractivity contribution in [2.24, 2.45) is 5.10 Å². The molecule has 0 aliphatic heterocycles. The van der Waals surface area contributed by atoms with Crippen LogP contribution >= 0.6 is 23.2 Å². The van der Waals surface area contributed by atoms with Crippen molar-refractivity contribution in [3.8, 4) is 0 Å². The minimum atomic E-state index is -0.144. The number of amides is 1. The zero-order valence-corrected chi connectivity index (χ0v) is 19.4. The second kappa shape index (κ2) is 9.60. The van der Waals surface area contributed by atoms with Crippen LogP contribution in [-0.2, 0) is 17.8 Å². The maximum absolute atomic E-state index is 12.4. The number of hydrazone groups is 1. The van der Waals surface area contributed by atoms with Crippen LogP contribution in [0.2, 0.25) is 10.0 Å². The lowest BCUT2D eigenvalue weighted by Crippen LogP contribution is -2.20. The van der Waals surface area contributed by atoms with E-state index in [4.69, 9.17) is 23.2 Å². The summed E-state index contributed by atoms with van der Waals surface area (Å²) < 4.78 is 2.13. The summed E-state index contributed by atoms with van der Waals surface area (Å²) in [5.74, 6) is -0.144. The van der Waals surface area contributed by atoms with Crippen molar-refractivity contribution in [2.75, 3.05) is 0 Å². The number of carbonyl (C=O) groups is 1. The second-order valence-corrected chi connectivity index (χ2v) is 8.69. The molecule has 4 aromatic rings. The van der Waals surface area contributed by atoms with Gasteiger partial charge in [-0.15, -0.1) is 0 Å². The number of aromatic nitrogens is 1. The van der Waals surface area contributed by atoms with E-state index in [1.165, 1.54) is 0 Å². The van der Waals surface area contributed by atoms with Gasteiger partial charge in [-0.1, -0.05) is 71.2 Å². The van der Waals surface area contributed by atoms with Crippen LogP contribution in [0.15, 0.2) is 72.0 Å². The monoisotopic (exact) mass is 463 g/mol. The van der Waals surface area contributed by atoms with Crippen LogP contribution in [0.5, 0.6) is 0 Å². The molecule has 0 radical (unpaired) electrons. The summed E-state index contributed by atoms with van der Waals surface area (Å²) in [6.45, 7) is 4.67. The molecule has 3 aromatic carbocycles. The Balaban J connectivity index is 1.51. The average Bonchev–Trinajstić information content (AvgIpc) is 3.11. The van der Waals surface area contributed by atoms with Crippen molar-refractivity contribution in [1.82, 2.24) is 9.99 Å². The fourth-order valence-corrected chi connectivity index (χ4v) is 4.04. The van der Waals surface area contributed by atoms with Gasteiger partial charge in [-0.3, -0.25) is 4.79 Å². The molecule has 0 aliphatic carbocycles. The first-order valence-corrected chi connectivity index (χ1v) is 11.1. The molecule has 0 atom stereocenters. The maximum atomic E-state index is 12.4. The molecule has 162 valence electrons. The van der Waals surface area contributed by atoms with Crippen molar-refractivity contribution in [1.29, 1.82) is 0 Å². The normalized spacial score (nSPS) is 11.4.